The van der Waals surface area contributed by atoms with Crippen molar-refractivity contribution in [3.05, 3.63) is 82.8 Å². The second kappa shape index (κ2) is 11.6. The Kier molecular flexibility index (Phi) is 9.63. The van der Waals surface area contributed by atoms with E-state index in [1.54, 1.807) is 11.9 Å². The molecule has 0 radical (unpaired) electrons. The highest BCUT2D eigenvalue weighted by atomic mass is 32.2. The molecule has 0 unspecified atom stereocenters. The Morgan fingerprint density at radius 1 is 1.22 bits per heavy atom. The summed E-state index contributed by atoms with van der Waals surface area (Å²) in [5.41, 5.74) is 4.57. The summed E-state index contributed by atoms with van der Waals surface area (Å²) in [4.78, 5) is 0. The summed E-state index contributed by atoms with van der Waals surface area (Å²) in [5.74, 6) is 6.14. The van der Waals surface area contributed by atoms with Crippen LogP contribution in [-0.2, 0) is 0 Å². The zero-order valence-electron chi connectivity index (χ0n) is 14.2. The Balaban J connectivity index is 2.30. The fraction of sp³-hybridized carbons (Fsp3) is 0.238. The normalized spacial score (nSPS) is 10.6. The molecule has 0 aliphatic rings. The Bertz CT molecular complexity index is 635. The van der Waals surface area contributed by atoms with Gasteiger partial charge in [0.15, 0.2) is 0 Å². The first-order valence-corrected chi connectivity index (χ1v) is 8.61. The van der Waals surface area contributed by atoms with E-state index in [1.165, 1.54) is 11.1 Å². The molecule has 0 fully saturated rings. The summed E-state index contributed by atoms with van der Waals surface area (Å²) in [5, 5.41) is 1.99. The minimum absolute atomic E-state index is 0.807. The van der Waals surface area contributed by atoms with Crippen LogP contribution < -0.4 is 4.72 Å². The minimum atomic E-state index is 0.807. The van der Waals surface area contributed by atoms with E-state index in [1.807, 2.05) is 41.8 Å². The Morgan fingerprint density at radius 3 is 2.61 bits per heavy atom. The summed E-state index contributed by atoms with van der Waals surface area (Å²) in [6, 6.07) is 9.94. The maximum atomic E-state index is 3.95. The molecule has 0 spiro atoms. The van der Waals surface area contributed by atoms with Gasteiger partial charge in [-0.25, -0.2) is 0 Å². The number of benzene rings is 1. The molecule has 1 N–H and O–H groups in total. The van der Waals surface area contributed by atoms with Crippen LogP contribution in [0, 0.1) is 11.8 Å². The second-order valence-corrected chi connectivity index (χ2v) is 6.03. The smallest absolute Gasteiger partial charge is 0.0249 e. The zero-order valence-corrected chi connectivity index (χ0v) is 15.0. The monoisotopic (exact) mass is 323 g/mol. The van der Waals surface area contributed by atoms with Gasteiger partial charge in [0.25, 0.3) is 0 Å². The third-order valence-electron chi connectivity index (χ3n) is 3.07. The molecule has 0 aliphatic carbocycles. The minimum Gasteiger partial charge on any atom is -0.260 e. The molecular formula is C21H25NS. The van der Waals surface area contributed by atoms with Gasteiger partial charge in [0.1, 0.15) is 0 Å². The van der Waals surface area contributed by atoms with Crippen molar-refractivity contribution in [1.82, 2.24) is 4.72 Å². The van der Waals surface area contributed by atoms with Crippen molar-refractivity contribution in [2.75, 3.05) is 6.54 Å². The lowest BCUT2D eigenvalue weighted by Gasteiger charge is -2.05. The highest BCUT2D eigenvalue weighted by Gasteiger charge is 1.94. The van der Waals surface area contributed by atoms with Crippen LogP contribution in [0.2, 0.25) is 0 Å². The lowest BCUT2D eigenvalue weighted by molar-refractivity contribution is 0.903. The summed E-state index contributed by atoms with van der Waals surface area (Å²) >= 11 is 1.57. The molecule has 2 heteroatoms. The van der Waals surface area contributed by atoms with E-state index >= 15 is 0 Å². The quantitative estimate of drug-likeness (QED) is 0.301. The van der Waals surface area contributed by atoms with E-state index in [0.29, 0.717) is 0 Å². The van der Waals surface area contributed by atoms with E-state index in [0.717, 1.165) is 24.1 Å². The van der Waals surface area contributed by atoms with Gasteiger partial charge in [0.2, 0.25) is 0 Å². The molecule has 0 heterocycles. The predicted molar refractivity (Wildman–Crippen MR) is 105 cm³/mol. The van der Waals surface area contributed by atoms with Gasteiger partial charge in [-0.05, 0) is 56.4 Å². The van der Waals surface area contributed by atoms with Crippen molar-refractivity contribution in [1.29, 1.82) is 0 Å². The van der Waals surface area contributed by atoms with Gasteiger partial charge in [-0.3, -0.25) is 4.72 Å². The number of rotatable bonds is 7. The molecule has 120 valence electrons. The lowest BCUT2D eigenvalue weighted by atomic mass is 10.1. The number of nitrogens with one attached hydrogen (secondary N) is 1. The van der Waals surface area contributed by atoms with Crippen LogP contribution in [-0.4, -0.2) is 6.54 Å². The predicted octanol–water partition coefficient (Wildman–Crippen LogP) is 5.65. The van der Waals surface area contributed by atoms with Crippen molar-refractivity contribution in [2.24, 2.45) is 0 Å². The summed E-state index contributed by atoms with van der Waals surface area (Å²) in [6.45, 7) is 11.2. The van der Waals surface area contributed by atoms with E-state index < -0.39 is 0 Å². The zero-order chi connectivity index (χ0) is 16.9. The summed E-state index contributed by atoms with van der Waals surface area (Å²) < 4.78 is 3.33. The van der Waals surface area contributed by atoms with Crippen LogP contribution in [0.3, 0.4) is 0 Å². The Hall–Kier alpha value is -1.95. The van der Waals surface area contributed by atoms with Crippen molar-refractivity contribution in [3.8, 4) is 11.8 Å². The van der Waals surface area contributed by atoms with Gasteiger partial charge in [0, 0.05) is 17.7 Å². The molecule has 1 aromatic carbocycles. The summed E-state index contributed by atoms with van der Waals surface area (Å²) in [6.07, 6.45) is 7.23. The van der Waals surface area contributed by atoms with Crippen LogP contribution >= 0.6 is 11.9 Å². The Morgan fingerprint density at radius 2 is 1.96 bits per heavy atom. The maximum absolute atomic E-state index is 3.95. The molecule has 23 heavy (non-hydrogen) atoms. The van der Waals surface area contributed by atoms with Crippen molar-refractivity contribution >= 4 is 11.9 Å². The first-order valence-electron chi connectivity index (χ1n) is 7.73. The number of hydrogen-bond donors (Lipinski definition) is 1. The van der Waals surface area contributed by atoms with E-state index in [2.05, 4.69) is 56.1 Å². The van der Waals surface area contributed by atoms with Crippen LogP contribution in [0.15, 0.2) is 77.3 Å². The standard InChI is InChI=1S/C21H25NS/c1-5-9-21(18(2)3)14-16-22-23-17-15-19(4)12-13-20-10-7-6-8-11-20/h5-11,15,17,22H,4,14,16H2,1-3H3/b9-5-,17-15-. The molecule has 0 atom stereocenters. The lowest BCUT2D eigenvalue weighted by Crippen LogP contribution is -2.05. The van der Waals surface area contributed by atoms with E-state index in [4.69, 9.17) is 0 Å². The largest absolute Gasteiger partial charge is 0.260 e. The van der Waals surface area contributed by atoms with Crippen molar-refractivity contribution in [3.63, 3.8) is 0 Å². The van der Waals surface area contributed by atoms with E-state index in [-0.39, 0.29) is 0 Å². The average molecular weight is 324 g/mol. The molecule has 0 aromatic heterocycles. The average Bonchev–Trinajstić information content (AvgIpc) is 2.55. The fourth-order valence-electron chi connectivity index (χ4n) is 1.83. The van der Waals surface area contributed by atoms with Crippen LogP contribution in [0.25, 0.3) is 0 Å². The molecule has 1 aromatic rings. The van der Waals surface area contributed by atoms with Gasteiger partial charge in [-0.15, -0.1) is 0 Å². The molecular weight excluding hydrogens is 298 g/mol. The molecule has 0 aliphatic heterocycles. The van der Waals surface area contributed by atoms with Crippen LogP contribution in [0.5, 0.6) is 0 Å². The second-order valence-electron chi connectivity index (χ2n) is 5.23. The molecule has 1 rings (SSSR count). The summed E-state index contributed by atoms with van der Waals surface area (Å²) in [7, 11) is 0. The first-order chi connectivity index (χ1) is 11.1. The van der Waals surface area contributed by atoms with E-state index in [9.17, 15) is 0 Å². The van der Waals surface area contributed by atoms with Gasteiger partial charge < -0.3 is 0 Å². The van der Waals surface area contributed by atoms with Gasteiger partial charge in [-0.1, -0.05) is 66.3 Å². The maximum Gasteiger partial charge on any atom is 0.0249 e. The first kappa shape index (κ1) is 19.1. The van der Waals surface area contributed by atoms with Crippen LogP contribution in [0.4, 0.5) is 0 Å². The molecule has 1 nitrogen and oxygen atoms in total. The molecule has 0 saturated heterocycles. The third-order valence-corrected chi connectivity index (χ3v) is 3.71. The third kappa shape index (κ3) is 8.93. The molecule has 0 bridgehead atoms. The molecule has 0 amide bonds. The van der Waals surface area contributed by atoms with Gasteiger partial charge >= 0.3 is 0 Å². The SMILES string of the molecule is C=C(C#Cc1ccccc1)/C=C\SNCCC(/C=C\C)=C(C)C. The molecule has 0 saturated carbocycles. The number of hydrogen-bond acceptors (Lipinski definition) is 2. The van der Waals surface area contributed by atoms with Gasteiger partial charge in [-0.2, -0.15) is 0 Å². The topological polar surface area (TPSA) is 12.0 Å². The van der Waals surface area contributed by atoms with Crippen molar-refractivity contribution < 1.29 is 0 Å². The highest BCUT2D eigenvalue weighted by Crippen LogP contribution is 2.10. The van der Waals surface area contributed by atoms with Crippen molar-refractivity contribution in [2.45, 2.75) is 27.2 Å². The Labute approximate surface area is 145 Å². The van der Waals surface area contributed by atoms with Crippen LogP contribution in [0.1, 0.15) is 32.8 Å². The fourth-order valence-corrected chi connectivity index (χ4v) is 2.37. The highest BCUT2D eigenvalue weighted by molar-refractivity contribution is 8.00. The number of allylic oxidation sites excluding steroid dienone is 5. The van der Waals surface area contributed by atoms with Gasteiger partial charge in [0.05, 0.1) is 0 Å².